The summed E-state index contributed by atoms with van der Waals surface area (Å²) in [4.78, 5) is 2.53. The molecule has 0 fully saturated rings. The van der Waals surface area contributed by atoms with Crippen LogP contribution >= 0.6 is 15.9 Å². The molecule has 0 aliphatic rings. The number of aromatic nitrogens is 1. The first-order valence-corrected chi connectivity index (χ1v) is 5.09. The molecular weight excluding hydrogens is 251 g/mol. The molecule has 0 saturated heterocycles. The summed E-state index contributed by atoms with van der Waals surface area (Å²) in [7, 11) is -4.05. The van der Waals surface area contributed by atoms with Gasteiger partial charge >= 0.3 is 0 Å². The first-order chi connectivity index (χ1) is 5.43. The highest BCUT2D eigenvalue weighted by Gasteiger charge is 2.18. The predicted molar refractivity (Wildman–Crippen MR) is 43.3 cm³/mol. The zero-order valence-corrected chi connectivity index (χ0v) is 8.06. The van der Waals surface area contributed by atoms with Gasteiger partial charge in [-0.1, -0.05) is 0 Å². The smallest absolute Gasteiger partial charge is 0.227 e. The summed E-state index contributed by atoms with van der Waals surface area (Å²) in [6.45, 7) is 0. The highest BCUT2D eigenvalue weighted by molar-refractivity contribution is 9.10. The van der Waals surface area contributed by atoms with E-state index >= 15 is 0 Å². The summed E-state index contributed by atoms with van der Waals surface area (Å²) in [5, 5.41) is 4.72. The molecule has 1 heterocycles. The molecule has 0 saturated carbocycles. The molecule has 0 aliphatic heterocycles. The minimum Gasteiger partial charge on any atom is -0.227 e. The molecule has 1 rings (SSSR count). The summed E-state index contributed by atoms with van der Waals surface area (Å²) in [6, 6.07) is 1.29. The SMILES string of the molecule is NS(=O)(=O)c1c(Br)ccnc1F. The van der Waals surface area contributed by atoms with Gasteiger partial charge in [-0.25, -0.2) is 18.5 Å². The quantitative estimate of drug-likeness (QED) is 0.748. The Kier molecular flexibility index (Phi) is 2.45. The number of hydrogen-bond acceptors (Lipinski definition) is 3. The van der Waals surface area contributed by atoms with Crippen LogP contribution in [0, 0.1) is 5.95 Å². The second-order valence-electron chi connectivity index (χ2n) is 1.96. The van der Waals surface area contributed by atoms with Gasteiger partial charge in [0.15, 0.2) is 4.90 Å². The third-order valence-corrected chi connectivity index (χ3v) is 2.98. The van der Waals surface area contributed by atoms with Crippen LogP contribution in [0.1, 0.15) is 0 Å². The first kappa shape index (κ1) is 9.56. The van der Waals surface area contributed by atoms with Gasteiger partial charge in [-0.2, -0.15) is 4.39 Å². The molecule has 4 nitrogen and oxygen atoms in total. The van der Waals surface area contributed by atoms with E-state index in [2.05, 4.69) is 20.9 Å². The Hall–Kier alpha value is -0.530. The second kappa shape index (κ2) is 3.08. The summed E-state index contributed by atoms with van der Waals surface area (Å²) in [6.07, 6.45) is 1.13. The van der Waals surface area contributed by atoms with E-state index in [1.807, 2.05) is 0 Å². The van der Waals surface area contributed by atoms with E-state index in [4.69, 9.17) is 5.14 Å². The van der Waals surface area contributed by atoms with Gasteiger partial charge in [0, 0.05) is 10.7 Å². The van der Waals surface area contributed by atoms with Crippen molar-refractivity contribution in [3.8, 4) is 0 Å². The molecule has 7 heteroatoms. The van der Waals surface area contributed by atoms with Crippen molar-refractivity contribution in [2.45, 2.75) is 4.90 Å². The molecule has 0 aromatic carbocycles. The van der Waals surface area contributed by atoms with Crippen molar-refractivity contribution in [3.63, 3.8) is 0 Å². The Bertz CT molecular complexity index is 386. The maximum atomic E-state index is 12.7. The molecule has 0 spiro atoms. The van der Waals surface area contributed by atoms with Gasteiger partial charge in [-0.05, 0) is 22.0 Å². The maximum Gasteiger partial charge on any atom is 0.243 e. The van der Waals surface area contributed by atoms with Crippen LogP contribution in [0.4, 0.5) is 4.39 Å². The van der Waals surface area contributed by atoms with Crippen molar-refractivity contribution in [2.24, 2.45) is 5.14 Å². The van der Waals surface area contributed by atoms with E-state index in [0.717, 1.165) is 6.20 Å². The highest BCUT2D eigenvalue weighted by Crippen LogP contribution is 2.21. The van der Waals surface area contributed by atoms with Gasteiger partial charge < -0.3 is 0 Å². The summed E-state index contributed by atoms with van der Waals surface area (Å²) < 4.78 is 34.3. The molecule has 1 aromatic heterocycles. The molecular formula is C5H4BrFN2O2S. The van der Waals surface area contributed by atoms with Crippen LogP contribution in [0.15, 0.2) is 21.6 Å². The topological polar surface area (TPSA) is 73.1 Å². The van der Waals surface area contributed by atoms with Gasteiger partial charge in [0.1, 0.15) is 0 Å². The number of pyridine rings is 1. The van der Waals surface area contributed by atoms with Gasteiger partial charge in [-0.15, -0.1) is 0 Å². The average molecular weight is 255 g/mol. The fourth-order valence-electron chi connectivity index (χ4n) is 0.654. The van der Waals surface area contributed by atoms with Crippen molar-refractivity contribution < 1.29 is 12.8 Å². The van der Waals surface area contributed by atoms with Gasteiger partial charge in [0.25, 0.3) is 0 Å². The van der Waals surface area contributed by atoms with Crippen LogP contribution in [0.2, 0.25) is 0 Å². The Labute approximate surface area is 76.8 Å². The van der Waals surface area contributed by atoms with Crippen molar-refractivity contribution in [1.29, 1.82) is 0 Å². The fourth-order valence-corrected chi connectivity index (χ4v) is 2.24. The molecule has 0 unspecified atom stereocenters. The molecule has 1 aromatic rings. The lowest BCUT2D eigenvalue weighted by atomic mass is 10.5. The Morgan fingerprint density at radius 1 is 1.58 bits per heavy atom. The standard InChI is InChI=1S/C5H4BrFN2O2S/c6-3-1-2-9-5(7)4(3)12(8,10)11/h1-2H,(H2,8,10,11). The monoisotopic (exact) mass is 254 g/mol. The predicted octanol–water partition coefficient (Wildman–Crippen LogP) is 0.631. The lowest BCUT2D eigenvalue weighted by Gasteiger charge is -2.00. The zero-order chi connectivity index (χ0) is 9.35. The zero-order valence-electron chi connectivity index (χ0n) is 5.66. The third kappa shape index (κ3) is 1.79. The minimum absolute atomic E-state index is 0.0671. The first-order valence-electron chi connectivity index (χ1n) is 2.75. The van der Waals surface area contributed by atoms with E-state index in [-0.39, 0.29) is 4.47 Å². The molecule has 0 radical (unpaired) electrons. The summed E-state index contributed by atoms with van der Waals surface area (Å²) in [5.74, 6) is -1.10. The van der Waals surface area contributed by atoms with E-state index in [0.29, 0.717) is 0 Å². The molecule has 2 N–H and O–H groups in total. The fraction of sp³-hybridized carbons (Fsp3) is 0. The normalized spacial score (nSPS) is 11.6. The minimum atomic E-state index is -4.05. The maximum absolute atomic E-state index is 12.7. The summed E-state index contributed by atoms with van der Waals surface area (Å²) >= 11 is 2.84. The third-order valence-electron chi connectivity index (χ3n) is 1.10. The lowest BCUT2D eigenvalue weighted by Crippen LogP contribution is -2.15. The van der Waals surface area contributed by atoms with E-state index in [1.54, 1.807) is 0 Å². The van der Waals surface area contributed by atoms with Crippen molar-refractivity contribution in [2.75, 3.05) is 0 Å². The molecule has 0 bridgehead atoms. The van der Waals surface area contributed by atoms with Crippen molar-refractivity contribution in [3.05, 3.63) is 22.7 Å². The molecule has 12 heavy (non-hydrogen) atoms. The second-order valence-corrected chi connectivity index (χ2v) is 4.31. The average Bonchev–Trinajstić information content (AvgIpc) is 1.82. The highest BCUT2D eigenvalue weighted by atomic mass is 79.9. The Morgan fingerprint density at radius 2 is 2.17 bits per heavy atom. The molecule has 0 amide bonds. The number of nitrogens with two attached hydrogens (primary N) is 1. The Balaban J connectivity index is 3.53. The lowest BCUT2D eigenvalue weighted by molar-refractivity contribution is 0.537. The van der Waals surface area contributed by atoms with Crippen LogP contribution in [-0.2, 0) is 10.0 Å². The van der Waals surface area contributed by atoms with Crippen molar-refractivity contribution in [1.82, 2.24) is 4.98 Å². The van der Waals surface area contributed by atoms with E-state index in [9.17, 15) is 12.8 Å². The summed E-state index contributed by atoms with van der Waals surface area (Å²) in [5.41, 5.74) is 0. The van der Waals surface area contributed by atoms with Crippen LogP contribution in [0.5, 0.6) is 0 Å². The largest absolute Gasteiger partial charge is 0.243 e. The molecule has 0 aliphatic carbocycles. The molecule has 0 atom stereocenters. The van der Waals surface area contributed by atoms with Gasteiger partial charge in [-0.3, -0.25) is 0 Å². The number of nitrogens with zero attached hydrogens (tertiary/aromatic N) is 1. The number of rotatable bonds is 1. The van der Waals surface area contributed by atoms with Crippen LogP contribution in [-0.4, -0.2) is 13.4 Å². The van der Waals surface area contributed by atoms with Crippen LogP contribution in [0.25, 0.3) is 0 Å². The number of halogens is 2. The molecule has 66 valence electrons. The van der Waals surface area contributed by atoms with Gasteiger partial charge in [0.05, 0.1) is 0 Å². The van der Waals surface area contributed by atoms with E-state index < -0.39 is 20.9 Å². The van der Waals surface area contributed by atoms with E-state index in [1.165, 1.54) is 6.07 Å². The number of hydrogen-bond donors (Lipinski definition) is 1. The van der Waals surface area contributed by atoms with Gasteiger partial charge in [0.2, 0.25) is 16.0 Å². The number of sulfonamides is 1. The van der Waals surface area contributed by atoms with Crippen LogP contribution < -0.4 is 5.14 Å². The number of primary sulfonamides is 1. The Morgan fingerprint density at radius 3 is 2.50 bits per heavy atom. The van der Waals surface area contributed by atoms with Crippen LogP contribution in [0.3, 0.4) is 0 Å². The van der Waals surface area contributed by atoms with Crippen molar-refractivity contribution >= 4 is 26.0 Å².